The van der Waals surface area contributed by atoms with Crippen molar-refractivity contribution < 1.29 is 18.7 Å². The van der Waals surface area contributed by atoms with Crippen LogP contribution in [0.5, 0.6) is 0 Å². The lowest BCUT2D eigenvalue weighted by atomic mass is 10.0. The zero-order valence-corrected chi connectivity index (χ0v) is 9.33. The molecule has 0 saturated heterocycles. The van der Waals surface area contributed by atoms with Gasteiger partial charge in [-0.3, -0.25) is 4.79 Å². The number of carboxylic acids is 1. The molecule has 84 valence electrons. The third-order valence-electron chi connectivity index (χ3n) is 1.78. The number of nitriles is 1. The SMILES string of the molecule is N#Cc1cc(Br)nc(C(F)F)c1CC(=O)O. The number of hydrogen-bond acceptors (Lipinski definition) is 3. The van der Waals surface area contributed by atoms with Gasteiger partial charge in [0.1, 0.15) is 10.3 Å². The Morgan fingerprint density at radius 3 is 2.75 bits per heavy atom. The molecule has 7 heteroatoms. The van der Waals surface area contributed by atoms with Gasteiger partial charge < -0.3 is 5.11 Å². The van der Waals surface area contributed by atoms with E-state index in [4.69, 9.17) is 10.4 Å². The summed E-state index contributed by atoms with van der Waals surface area (Å²) < 4.78 is 25.3. The van der Waals surface area contributed by atoms with Crippen molar-refractivity contribution in [3.63, 3.8) is 0 Å². The van der Waals surface area contributed by atoms with Crippen molar-refractivity contribution in [2.24, 2.45) is 0 Å². The molecule has 0 spiro atoms. The Labute approximate surface area is 97.7 Å². The summed E-state index contributed by atoms with van der Waals surface area (Å²) in [4.78, 5) is 14.0. The van der Waals surface area contributed by atoms with E-state index in [0.29, 0.717) is 0 Å². The lowest BCUT2D eigenvalue weighted by Gasteiger charge is -2.08. The van der Waals surface area contributed by atoms with Crippen LogP contribution in [0.25, 0.3) is 0 Å². The highest BCUT2D eigenvalue weighted by Crippen LogP contribution is 2.26. The summed E-state index contributed by atoms with van der Waals surface area (Å²) in [6.45, 7) is 0. The number of carbonyl (C=O) groups is 1. The maximum atomic E-state index is 12.6. The van der Waals surface area contributed by atoms with Crippen LogP contribution in [0.3, 0.4) is 0 Å². The molecule has 1 N–H and O–H groups in total. The van der Waals surface area contributed by atoms with Gasteiger partial charge in [-0.25, -0.2) is 13.8 Å². The minimum atomic E-state index is -2.92. The number of rotatable bonds is 3. The van der Waals surface area contributed by atoms with Crippen LogP contribution in [0.2, 0.25) is 0 Å². The van der Waals surface area contributed by atoms with E-state index in [1.807, 2.05) is 0 Å². The molecule has 1 rings (SSSR count). The number of hydrogen-bond donors (Lipinski definition) is 1. The van der Waals surface area contributed by atoms with Gasteiger partial charge >= 0.3 is 5.97 Å². The fraction of sp³-hybridized carbons (Fsp3) is 0.222. The van der Waals surface area contributed by atoms with Gasteiger partial charge in [-0.2, -0.15) is 5.26 Å². The fourth-order valence-corrected chi connectivity index (χ4v) is 1.60. The van der Waals surface area contributed by atoms with E-state index in [2.05, 4.69) is 20.9 Å². The van der Waals surface area contributed by atoms with Crippen molar-refractivity contribution in [3.8, 4) is 6.07 Å². The number of aliphatic carboxylic acids is 1. The Morgan fingerprint density at radius 2 is 2.31 bits per heavy atom. The highest BCUT2D eigenvalue weighted by Gasteiger charge is 2.21. The van der Waals surface area contributed by atoms with Gasteiger partial charge in [0.05, 0.1) is 18.1 Å². The predicted octanol–water partition coefficient (Wildman–Crippen LogP) is 2.28. The Balaban J connectivity index is 3.40. The van der Waals surface area contributed by atoms with Crippen LogP contribution in [0.4, 0.5) is 8.78 Å². The number of carboxylic acid groups (broad SMARTS) is 1. The normalized spacial score (nSPS) is 10.2. The van der Waals surface area contributed by atoms with Gasteiger partial charge in [-0.15, -0.1) is 0 Å². The van der Waals surface area contributed by atoms with E-state index in [1.54, 1.807) is 6.07 Å². The van der Waals surface area contributed by atoms with E-state index in [-0.39, 0.29) is 15.7 Å². The molecule has 0 atom stereocenters. The zero-order chi connectivity index (χ0) is 12.3. The summed E-state index contributed by atoms with van der Waals surface area (Å²) in [5.74, 6) is -1.29. The Morgan fingerprint density at radius 1 is 1.69 bits per heavy atom. The Hall–Kier alpha value is -1.55. The summed E-state index contributed by atoms with van der Waals surface area (Å²) in [7, 11) is 0. The molecule has 16 heavy (non-hydrogen) atoms. The van der Waals surface area contributed by atoms with Crippen molar-refractivity contribution in [1.82, 2.24) is 4.98 Å². The molecule has 4 nitrogen and oxygen atoms in total. The molecular weight excluding hydrogens is 286 g/mol. The third-order valence-corrected chi connectivity index (χ3v) is 2.19. The fourth-order valence-electron chi connectivity index (χ4n) is 1.18. The summed E-state index contributed by atoms with van der Waals surface area (Å²) in [5.41, 5.74) is -1.03. The van der Waals surface area contributed by atoms with Crippen LogP contribution in [-0.4, -0.2) is 16.1 Å². The number of halogens is 3. The first-order chi connectivity index (χ1) is 7.45. The topological polar surface area (TPSA) is 74.0 Å². The van der Waals surface area contributed by atoms with E-state index in [9.17, 15) is 13.6 Å². The van der Waals surface area contributed by atoms with Crippen molar-refractivity contribution in [2.75, 3.05) is 0 Å². The van der Waals surface area contributed by atoms with Crippen LogP contribution < -0.4 is 0 Å². The molecule has 0 amide bonds. The molecule has 0 aliphatic carbocycles. The van der Waals surface area contributed by atoms with Gasteiger partial charge in [0.15, 0.2) is 0 Å². The van der Waals surface area contributed by atoms with Crippen molar-refractivity contribution in [1.29, 1.82) is 5.26 Å². The first-order valence-electron chi connectivity index (χ1n) is 4.05. The first-order valence-corrected chi connectivity index (χ1v) is 4.84. The monoisotopic (exact) mass is 290 g/mol. The largest absolute Gasteiger partial charge is 0.481 e. The summed E-state index contributed by atoms with van der Waals surface area (Å²) >= 11 is 2.88. The van der Waals surface area contributed by atoms with Gasteiger partial charge in [0.2, 0.25) is 0 Å². The second-order valence-electron chi connectivity index (χ2n) is 2.84. The van der Waals surface area contributed by atoms with Crippen LogP contribution >= 0.6 is 15.9 Å². The minimum Gasteiger partial charge on any atom is -0.481 e. The smallest absolute Gasteiger partial charge is 0.307 e. The molecule has 1 aromatic rings. The predicted molar refractivity (Wildman–Crippen MR) is 52.9 cm³/mol. The van der Waals surface area contributed by atoms with E-state index in [1.165, 1.54) is 6.07 Å². The van der Waals surface area contributed by atoms with Gasteiger partial charge in [-0.05, 0) is 22.0 Å². The molecule has 0 unspecified atom stereocenters. The van der Waals surface area contributed by atoms with Gasteiger partial charge in [-0.1, -0.05) is 0 Å². The quantitative estimate of drug-likeness (QED) is 0.867. The third kappa shape index (κ3) is 2.73. The van der Waals surface area contributed by atoms with Crippen LogP contribution in [0, 0.1) is 11.3 Å². The molecule has 1 aromatic heterocycles. The van der Waals surface area contributed by atoms with Crippen LogP contribution in [-0.2, 0) is 11.2 Å². The highest BCUT2D eigenvalue weighted by molar-refractivity contribution is 9.10. The van der Waals surface area contributed by atoms with E-state index in [0.717, 1.165) is 0 Å². The Bertz CT molecular complexity index is 471. The molecule has 0 fully saturated rings. The second-order valence-corrected chi connectivity index (χ2v) is 3.65. The maximum absolute atomic E-state index is 12.6. The van der Waals surface area contributed by atoms with Crippen molar-refractivity contribution in [2.45, 2.75) is 12.8 Å². The van der Waals surface area contributed by atoms with Crippen LogP contribution in [0.1, 0.15) is 23.2 Å². The molecule has 0 aromatic carbocycles. The number of nitrogens with zero attached hydrogens (tertiary/aromatic N) is 2. The lowest BCUT2D eigenvalue weighted by Crippen LogP contribution is -2.08. The maximum Gasteiger partial charge on any atom is 0.307 e. The number of pyridine rings is 1. The molecule has 0 saturated carbocycles. The summed E-state index contributed by atoms with van der Waals surface area (Å²) in [6.07, 6.45) is -3.57. The van der Waals surface area contributed by atoms with E-state index >= 15 is 0 Å². The molecule has 0 bridgehead atoms. The summed E-state index contributed by atoms with van der Waals surface area (Å²) in [6, 6.07) is 2.88. The first kappa shape index (κ1) is 12.5. The van der Waals surface area contributed by atoms with Gasteiger partial charge in [0, 0.05) is 5.56 Å². The zero-order valence-electron chi connectivity index (χ0n) is 7.75. The molecular formula is C9H5BrF2N2O2. The summed E-state index contributed by atoms with van der Waals surface area (Å²) in [5, 5.41) is 17.3. The number of alkyl halides is 2. The Kier molecular flexibility index (Phi) is 3.90. The van der Waals surface area contributed by atoms with Crippen molar-refractivity contribution >= 4 is 21.9 Å². The van der Waals surface area contributed by atoms with Crippen molar-refractivity contribution in [3.05, 3.63) is 27.5 Å². The average Bonchev–Trinajstić information content (AvgIpc) is 2.19. The second kappa shape index (κ2) is 4.99. The van der Waals surface area contributed by atoms with Gasteiger partial charge in [0.25, 0.3) is 6.43 Å². The standard InChI is InChI=1S/C9H5BrF2N2O2/c10-6-1-4(3-13)5(2-7(15)16)8(14-6)9(11)12/h1,9H,2H2,(H,15,16). The lowest BCUT2D eigenvalue weighted by molar-refractivity contribution is -0.136. The average molecular weight is 291 g/mol. The molecule has 0 aliphatic rings. The molecule has 0 radical (unpaired) electrons. The molecule has 0 aliphatic heterocycles. The number of aromatic nitrogens is 1. The van der Waals surface area contributed by atoms with E-state index < -0.39 is 24.5 Å². The minimum absolute atomic E-state index is 0.0773. The van der Waals surface area contributed by atoms with Crippen LogP contribution in [0.15, 0.2) is 10.7 Å². The molecule has 1 heterocycles. The highest BCUT2D eigenvalue weighted by atomic mass is 79.9.